The number of amides is 1. The van der Waals surface area contributed by atoms with Crippen molar-refractivity contribution in [1.29, 1.82) is 0 Å². The standard InChI is InChI=1S/C21H25ClN2O2/c1-23(21(25)26-16-17-8-3-2-4-9-17)20(15-24-12-5-6-13-24)18-10-7-11-19(22)14-18/h2-4,7-11,14,20H,5-6,12-13,15-16H2,1H3/t20-/m1/s1. The van der Waals surface area contributed by atoms with Crippen LogP contribution in [0, 0.1) is 0 Å². The minimum atomic E-state index is -0.321. The molecule has 0 aliphatic carbocycles. The normalized spacial score (nSPS) is 15.6. The SMILES string of the molecule is CN(C(=O)OCc1ccccc1)[C@H](CN1CCCC1)c1cccc(Cl)c1. The second-order valence-corrected chi connectivity index (χ2v) is 7.17. The molecule has 1 saturated heterocycles. The van der Waals surface area contributed by atoms with Crippen molar-refractivity contribution in [2.24, 2.45) is 0 Å². The lowest BCUT2D eigenvalue weighted by atomic mass is 10.1. The molecule has 0 unspecified atom stereocenters. The Labute approximate surface area is 160 Å². The molecule has 138 valence electrons. The van der Waals surface area contributed by atoms with Crippen molar-refractivity contribution in [3.8, 4) is 0 Å². The van der Waals surface area contributed by atoms with Crippen LogP contribution >= 0.6 is 11.6 Å². The number of likely N-dealkylation sites (tertiary alicyclic amines) is 1. The zero-order valence-corrected chi connectivity index (χ0v) is 15.9. The van der Waals surface area contributed by atoms with E-state index in [1.807, 2.05) is 54.6 Å². The van der Waals surface area contributed by atoms with Gasteiger partial charge in [0.15, 0.2) is 0 Å². The Morgan fingerprint density at radius 1 is 1.15 bits per heavy atom. The molecule has 1 amide bonds. The van der Waals surface area contributed by atoms with E-state index in [1.165, 1.54) is 12.8 Å². The lowest BCUT2D eigenvalue weighted by Crippen LogP contribution is -2.38. The van der Waals surface area contributed by atoms with Crippen LogP contribution in [0.2, 0.25) is 5.02 Å². The molecular weight excluding hydrogens is 348 g/mol. The summed E-state index contributed by atoms with van der Waals surface area (Å²) >= 11 is 6.18. The van der Waals surface area contributed by atoms with E-state index >= 15 is 0 Å². The number of hydrogen-bond acceptors (Lipinski definition) is 3. The van der Waals surface area contributed by atoms with Gasteiger partial charge in [-0.15, -0.1) is 0 Å². The van der Waals surface area contributed by atoms with Crippen molar-refractivity contribution in [1.82, 2.24) is 9.80 Å². The first-order chi connectivity index (χ1) is 12.6. The van der Waals surface area contributed by atoms with E-state index in [0.717, 1.165) is 30.8 Å². The van der Waals surface area contributed by atoms with Crippen LogP contribution < -0.4 is 0 Å². The summed E-state index contributed by atoms with van der Waals surface area (Å²) in [6, 6.07) is 17.4. The molecule has 1 heterocycles. The molecule has 3 rings (SSSR count). The number of nitrogens with zero attached hydrogens (tertiary/aromatic N) is 2. The fourth-order valence-corrected chi connectivity index (χ4v) is 3.52. The van der Waals surface area contributed by atoms with Crippen LogP contribution in [0.1, 0.15) is 30.0 Å². The maximum absolute atomic E-state index is 12.6. The molecule has 0 saturated carbocycles. The van der Waals surface area contributed by atoms with Gasteiger partial charge in [0, 0.05) is 18.6 Å². The van der Waals surface area contributed by atoms with E-state index < -0.39 is 0 Å². The molecule has 1 fully saturated rings. The van der Waals surface area contributed by atoms with E-state index in [4.69, 9.17) is 16.3 Å². The molecule has 1 atom stereocenters. The van der Waals surface area contributed by atoms with Gasteiger partial charge >= 0.3 is 6.09 Å². The van der Waals surface area contributed by atoms with E-state index in [9.17, 15) is 4.79 Å². The number of likely N-dealkylation sites (N-methyl/N-ethyl adjacent to an activating group) is 1. The highest BCUT2D eigenvalue weighted by atomic mass is 35.5. The van der Waals surface area contributed by atoms with Crippen LogP contribution in [0.15, 0.2) is 54.6 Å². The van der Waals surface area contributed by atoms with Crippen molar-refractivity contribution in [2.75, 3.05) is 26.7 Å². The van der Waals surface area contributed by atoms with E-state index in [1.54, 1.807) is 11.9 Å². The smallest absolute Gasteiger partial charge is 0.410 e. The van der Waals surface area contributed by atoms with E-state index in [2.05, 4.69) is 4.90 Å². The fraction of sp³-hybridized carbons (Fsp3) is 0.381. The summed E-state index contributed by atoms with van der Waals surface area (Å²) in [6.07, 6.45) is 2.10. The van der Waals surface area contributed by atoms with Crippen LogP contribution in [0.5, 0.6) is 0 Å². The van der Waals surface area contributed by atoms with Gasteiger partial charge in [0.25, 0.3) is 0 Å². The highest BCUT2D eigenvalue weighted by Crippen LogP contribution is 2.26. The van der Waals surface area contributed by atoms with Gasteiger partial charge in [0.1, 0.15) is 6.61 Å². The van der Waals surface area contributed by atoms with Crippen LogP contribution in [0.4, 0.5) is 4.79 Å². The molecule has 0 N–H and O–H groups in total. The highest BCUT2D eigenvalue weighted by Gasteiger charge is 2.26. The number of benzene rings is 2. The molecular formula is C21H25ClN2O2. The van der Waals surface area contributed by atoms with Gasteiger partial charge in [-0.3, -0.25) is 0 Å². The van der Waals surface area contributed by atoms with Crippen LogP contribution in [-0.2, 0) is 11.3 Å². The van der Waals surface area contributed by atoms with E-state index in [0.29, 0.717) is 5.02 Å². The summed E-state index contributed by atoms with van der Waals surface area (Å²) in [7, 11) is 1.80. The Balaban J connectivity index is 1.70. The molecule has 4 nitrogen and oxygen atoms in total. The van der Waals surface area contributed by atoms with Crippen LogP contribution in [0.3, 0.4) is 0 Å². The quantitative estimate of drug-likeness (QED) is 0.733. The van der Waals surface area contributed by atoms with Crippen molar-refractivity contribution in [3.05, 3.63) is 70.7 Å². The van der Waals surface area contributed by atoms with Crippen molar-refractivity contribution in [2.45, 2.75) is 25.5 Å². The largest absolute Gasteiger partial charge is 0.445 e. The topological polar surface area (TPSA) is 32.8 Å². The molecule has 0 bridgehead atoms. The molecule has 1 aliphatic rings. The lowest BCUT2D eigenvalue weighted by molar-refractivity contribution is 0.0834. The minimum absolute atomic E-state index is 0.0879. The number of carbonyl (C=O) groups is 1. The molecule has 0 aromatic heterocycles. The summed E-state index contributed by atoms with van der Waals surface area (Å²) < 4.78 is 5.52. The predicted molar refractivity (Wildman–Crippen MR) is 104 cm³/mol. The lowest BCUT2D eigenvalue weighted by Gasteiger charge is -2.31. The zero-order valence-electron chi connectivity index (χ0n) is 15.1. The first-order valence-corrected chi connectivity index (χ1v) is 9.42. The molecule has 0 spiro atoms. The van der Waals surface area contributed by atoms with Gasteiger partial charge in [0.05, 0.1) is 6.04 Å². The second kappa shape index (κ2) is 9.06. The van der Waals surface area contributed by atoms with Crippen LogP contribution in [0.25, 0.3) is 0 Å². The van der Waals surface area contributed by atoms with Crippen molar-refractivity contribution >= 4 is 17.7 Å². The average Bonchev–Trinajstić information content (AvgIpc) is 3.18. The van der Waals surface area contributed by atoms with Gasteiger partial charge in [-0.2, -0.15) is 0 Å². The third-order valence-electron chi connectivity index (χ3n) is 4.82. The Morgan fingerprint density at radius 3 is 2.58 bits per heavy atom. The number of ether oxygens (including phenoxy) is 1. The Bertz CT molecular complexity index is 717. The maximum Gasteiger partial charge on any atom is 0.410 e. The minimum Gasteiger partial charge on any atom is -0.445 e. The van der Waals surface area contributed by atoms with Gasteiger partial charge in [-0.05, 0) is 49.2 Å². The summed E-state index contributed by atoms with van der Waals surface area (Å²) in [5.74, 6) is 0. The van der Waals surface area contributed by atoms with Crippen LogP contribution in [-0.4, -0.2) is 42.6 Å². The first-order valence-electron chi connectivity index (χ1n) is 9.05. The van der Waals surface area contributed by atoms with Gasteiger partial charge < -0.3 is 14.5 Å². The van der Waals surface area contributed by atoms with Crippen molar-refractivity contribution < 1.29 is 9.53 Å². The first kappa shape index (κ1) is 18.7. The second-order valence-electron chi connectivity index (χ2n) is 6.73. The number of carbonyl (C=O) groups excluding carboxylic acids is 1. The van der Waals surface area contributed by atoms with Gasteiger partial charge in [-0.1, -0.05) is 54.1 Å². The third-order valence-corrected chi connectivity index (χ3v) is 5.06. The Hall–Kier alpha value is -2.04. The average molecular weight is 373 g/mol. The zero-order chi connectivity index (χ0) is 18.4. The van der Waals surface area contributed by atoms with Gasteiger partial charge in [0.2, 0.25) is 0 Å². The molecule has 1 aliphatic heterocycles. The van der Waals surface area contributed by atoms with E-state index in [-0.39, 0.29) is 18.7 Å². The number of rotatable bonds is 6. The van der Waals surface area contributed by atoms with Crippen molar-refractivity contribution in [3.63, 3.8) is 0 Å². The third kappa shape index (κ3) is 4.99. The van der Waals surface area contributed by atoms with Gasteiger partial charge in [-0.25, -0.2) is 4.79 Å². The molecule has 2 aromatic carbocycles. The number of halogens is 1. The Morgan fingerprint density at radius 2 is 1.88 bits per heavy atom. The highest BCUT2D eigenvalue weighted by molar-refractivity contribution is 6.30. The summed E-state index contributed by atoms with van der Waals surface area (Å²) in [5.41, 5.74) is 2.01. The predicted octanol–water partition coefficient (Wildman–Crippen LogP) is 4.75. The molecule has 26 heavy (non-hydrogen) atoms. The molecule has 0 radical (unpaired) electrons. The Kier molecular flexibility index (Phi) is 6.53. The number of hydrogen-bond donors (Lipinski definition) is 0. The molecule has 5 heteroatoms. The summed E-state index contributed by atoms with van der Waals surface area (Å²) in [5, 5.41) is 0.681. The molecule has 2 aromatic rings. The monoisotopic (exact) mass is 372 g/mol. The summed E-state index contributed by atoms with van der Waals surface area (Å²) in [6.45, 7) is 3.21. The fourth-order valence-electron chi connectivity index (χ4n) is 3.32. The maximum atomic E-state index is 12.6. The summed E-state index contributed by atoms with van der Waals surface area (Å²) in [4.78, 5) is 16.7.